The van der Waals surface area contributed by atoms with Crippen LogP contribution in [-0.4, -0.2) is 49.1 Å². The highest BCUT2D eigenvalue weighted by Gasteiger charge is 2.28. The quantitative estimate of drug-likeness (QED) is 0.798. The van der Waals surface area contributed by atoms with Crippen molar-refractivity contribution in [2.24, 2.45) is 0 Å². The molecule has 3 rings (SSSR count). The number of pyridine rings is 1. The van der Waals surface area contributed by atoms with Crippen molar-refractivity contribution in [3.63, 3.8) is 0 Å². The van der Waals surface area contributed by atoms with Crippen LogP contribution in [0.15, 0.2) is 42.6 Å². The third kappa shape index (κ3) is 5.14. The third-order valence-corrected chi connectivity index (χ3v) is 4.94. The zero-order valence-electron chi connectivity index (χ0n) is 16.4. The number of amides is 1. The first kappa shape index (κ1) is 22.0. The lowest BCUT2D eigenvalue weighted by atomic mass is 10.0. The van der Waals surface area contributed by atoms with Gasteiger partial charge in [-0.05, 0) is 56.6 Å². The van der Waals surface area contributed by atoms with E-state index in [-0.39, 0.29) is 24.4 Å². The van der Waals surface area contributed by atoms with Crippen LogP contribution >= 0.6 is 12.4 Å². The van der Waals surface area contributed by atoms with E-state index in [4.69, 9.17) is 9.47 Å². The molecule has 7 heteroatoms. The highest BCUT2D eigenvalue weighted by atomic mass is 35.5. The van der Waals surface area contributed by atoms with E-state index >= 15 is 0 Å². The lowest BCUT2D eigenvalue weighted by Gasteiger charge is -2.31. The molecular weight excluding hydrogens is 378 g/mol. The van der Waals surface area contributed by atoms with Crippen LogP contribution in [0.4, 0.5) is 0 Å². The minimum Gasteiger partial charge on any atom is -0.493 e. The van der Waals surface area contributed by atoms with E-state index in [1.54, 1.807) is 32.5 Å². The van der Waals surface area contributed by atoms with Crippen molar-refractivity contribution < 1.29 is 14.3 Å². The number of ether oxygens (including phenoxy) is 2. The molecule has 1 amide bonds. The molecule has 0 saturated carbocycles. The van der Waals surface area contributed by atoms with Crippen LogP contribution in [-0.2, 0) is 6.54 Å². The number of nitrogens with zero attached hydrogens (tertiary/aromatic N) is 2. The summed E-state index contributed by atoms with van der Waals surface area (Å²) >= 11 is 0. The molecule has 1 unspecified atom stereocenters. The minimum atomic E-state index is -0.0525. The molecule has 2 aromatic rings. The monoisotopic (exact) mass is 405 g/mol. The van der Waals surface area contributed by atoms with Gasteiger partial charge in [-0.2, -0.15) is 0 Å². The summed E-state index contributed by atoms with van der Waals surface area (Å²) in [6.07, 6.45) is 4.70. The largest absolute Gasteiger partial charge is 0.493 e. The number of halogens is 1. The minimum absolute atomic E-state index is 0. The van der Waals surface area contributed by atoms with Crippen molar-refractivity contribution in [3.05, 3.63) is 53.9 Å². The Morgan fingerprint density at radius 2 is 2.00 bits per heavy atom. The van der Waals surface area contributed by atoms with Crippen molar-refractivity contribution in [1.82, 2.24) is 15.2 Å². The molecule has 152 valence electrons. The fourth-order valence-electron chi connectivity index (χ4n) is 3.56. The molecule has 0 radical (unpaired) electrons. The summed E-state index contributed by atoms with van der Waals surface area (Å²) in [6.45, 7) is 2.38. The van der Waals surface area contributed by atoms with Crippen LogP contribution in [0.5, 0.6) is 11.5 Å². The first-order valence-corrected chi connectivity index (χ1v) is 9.37. The number of hydrogen-bond donors (Lipinski definition) is 1. The molecule has 2 heterocycles. The molecule has 0 bridgehead atoms. The lowest BCUT2D eigenvalue weighted by Crippen LogP contribution is -2.40. The summed E-state index contributed by atoms with van der Waals surface area (Å²) < 4.78 is 10.9. The molecule has 1 aliphatic heterocycles. The van der Waals surface area contributed by atoms with Gasteiger partial charge in [0, 0.05) is 12.2 Å². The summed E-state index contributed by atoms with van der Waals surface area (Å²) in [5, 5.41) is 3.42. The lowest BCUT2D eigenvalue weighted by molar-refractivity contribution is 0.0638. The Morgan fingerprint density at radius 3 is 2.71 bits per heavy atom. The number of carbonyl (C=O) groups excluding carboxylic acids is 1. The molecular formula is C21H28ClN3O3. The molecule has 1 aliphatic rings. The molecule has 28 heavy (non-hydrogen) atoms. The van der Waals surface area contributed by atoms with Gasteiger partial charge in [0.05, 0.1) is 32.0 Å². The second kappa shape index (κ2) is 10.9. The maximum absolute atomic E-state index is 13.6. The van der Waals surface area contributed by atoms with Gasteiger partial charge in [0.1, 0.15) is 0 Å². The van der Waals surface area contributed by atoms with Gasteiger partial charge in [-0.15, -0.1) is 12.4 Å². The topological polar surface area (TPSA) is 63.7 Å². The van der Waals surface area contributed by atoms with Crippen molar-refractivity contribution in [2.75, 3.05) is 27.3 Å². The highest BCUT2D eigenvalue weighted by molar-refractivity contribution is 5.98. The van der Waals surface area contributed by atoms with Gasteiger partial charge >= 0.3 is 0 Å². The van der Waals surface area contributed by atoms with E-state index in [2.05, 4.69) is 10.3 Å². The Balaban J connectivity index is 0.00000280. The molecule has 1 fully saturated rings. The summed E-state index contributed by atoms with van der Waals surface area (Å²) in [5.74, 6) is 0.981. The molecule has 0 spiro atoms. The van der Waals surface area contributed by atoms with Gasteiger partial charge in [-0.3, -0.25) is 9.78 Å². The maximum Gasteiger partial charge on any atom is 0.258 e. The van der Waals surface area contributed by atoms with Gasteiger partial charge < -0.3 is 19.7 Å². The predicted molar refractivity (Wildman–Crippen MR) is 111 cm³/mol. The molecule has 1 aromatic heterocycles. The number of nitrogens with one attached hydrogen (secondary N) is 1. The fourth-order valence-corrected chi connectivity index (χ4v) is 3.56. The van der Waals surface area contributed by atoms with Gasteiger partial charge in [-0.1, -0.05) is 12.1 Å². The SMILES string of the molecule is COc1cccc(C(=O)N(Cc2ccccn2)C2CCCNCC2)c1OC.Cl. The van der Waals surface area contributed by atoms with E-state index in [9.17, 15) is 4.79 Å². The maximum atomic E-state index is 13.6. The van der Waals surface area contributed by atoms with Gasteiger partial charge in [0.15, 0.2) is 11.5 Å². The fraction of sp³-hybridized carbons (Fsp3) is 0.429. The average Bonchev–Trinajstić information content (AvgIpc) is 3.01. The van der Waals surface area contributed by atoms with Crippen LogP contribution in [0.2, 0.25) is 0 Å². The molecule has 1 saturated heterocycles. The Morgan fingerprint density at radius 1 is 1.14 bits per heavy atom. The average molecular weight is 406 g/mol. The number of rotatable bonds is 6. The number of benzene rings is 1. The number of hydrogen-bond acceptors (Lipinski definition) is 5. The smallest absolute Gasteiger partial charge is 0.258 e. The summed E-state index contributed by atoms with van der Waals surface area (Å²) in [6, 6.07) is 11.4. The Labute approximate surface area is 172 Å². The highest BCUT2D eigenvalue weighted by Crippen LogP contribution is 2.32. The van der Waals surface area contributed by atoms with Crippen molar-refractivity contribution in [2.45, 2.75) is 31.8 Å². The normalized spacial score (nSPS) is 16.4. The zero-order chi connectivity index (χ0) is 19.1. The van der Waals surface area contributed by atoms with Gasteiger partial charge in [0.25, 0.3) is 5.91 Å². The van der Waals surface area contributed by atoms with E-state index in [0.29, 0.717) is 23.6 Å². The van der Waals surface area contributed by atoms with E-state index in [0.717, 1.165) is 38.0 Å². The Bertz CT molecular complexity index is 750. The van der Waals surface area contributed by atoms with Crippen molar-refractivity contribution in [3.8, 4) is 11.5 Å². The molecule has 0 aliphatic carbocycles. The molecule has 1 N–H and O–H groups in total. The first-order chi connectivity index (χ1) is 13.2. The zero-order valence-corrected chi connectivity index (χ0v) is 17.2. The Hall–Kier alpha value is -2.31. The number of methoxy groups -OCH3 is 2. The van der Waals surface area contributed by atoms with E-state index in [1.165, 1.54) is 0 Å². The second-order valence-electron chi connectivity index (χ2n) is 6.63. The molecule has 1 aromatic carbocycles. The second-order valence-corrected chi connectivity index (χ2v) is 6.63. The Kier molecular flexibility index (Phi) is 8.54. The summed E-state index contributed by atoms with van der Waals surface area (Å²) in [5.41, 5.74) is 1.40. The van der Waals surface area contributed by atoms with Crippen LogP contribution in [0.1, 0.15) is 35.3 Å². The van der Waals surface area contributed by atoms with Crippen LogP contribution in [0, 0.1) is 0 Å². The van der Waals surface area contributed by atoms with Gasteiger partial charge in [-0.25, -0.2) is 0 Å². The third-order valence-electron chi connectivity index (χ3n) is 4.94. The number of carbonyl (C=O) groups is 1. The summed E-state index contributed by atoms with van der Waals surface area (Å²) in [7, 11) is 3.14. The first-order valence-electron chi connectivity index (χ1n) is 9.37. The van der Waals surface area contributed by atoms with Crippen LogP contribution < -0.4 is 14.8 Å². The van der Waals surface area contributed by atoms with E-state index in [1.807, 2.05) is 29.2 Å². The van der Waals surface area contributed by atoms with Gasteiger partial charge in [0.2, 0.25) is 0 Å². The van der Waals surface area contributed by atoms with E-state index < -0.39 is 0 Å². The number of aromatic nitrogens is 1. The molecule has 6 nitrogen and oxygen atoms in total. The van der Waals surface area contributed by atoms with Crippen molar-refractivity contribution >= 4 is 18.3 Å². The van der Waals surface area contributed by atoms with Crippen molar-refractivity contribution in [1.29, 1.82) is 0 Å². The molecule has 1 atom stereocenters. The van der Waals surface area contributed by atoms with Crippen LogP contribution in [0.3, 0.4) is 0 Å². The van der Waals surface area contributed by atoms with Crippen LogP contribution in [0.25, 0.3) is 0 Å². The number of para-hydroxylation sites is 1. The predicted octanol–water partition coefficient (Wildman–Crippen LogP) is 3.31. The summed E-state index contributed by atoms with van der Waals surface area (Å²) in [4.78, 5) is 19.9. The standard InChI is InChI=1S/C21H27N3O3.ClH/c1-26-19-10-5-9-18(20(19)27-2)21(25)24(15-16-7-3-4-13-23-16)17-8-6-12-22-14-11-17;/h3-5,7,9-10,13,17,22H,6,8,11-12,14-15H2,1-2H3;1H.